The van der Waals surface area contributed by atoms with Crippen molar-refractivity contribution in [2.45, 2.75) is 83.6 Å². The van der Waals surface area contributed by atoms with Crippen LogP contribution in [0.2, 0.25) is 0 Å². The first-order valence-corrected chi connectivity index (χ1v) is 16.5. The van der Waals surface area contributed by atoms with E-state index in [9.17, 15) is 14.0 Å². The molecule has 12 heteroatoms. The third kappa shape index (κ3) is 6.64. The number of carbonyl (C=O) groups excluding carboxylic acids is 1. The zero-order valence-electron chi connectivity index (χ0n) is 28.1. The molecule has 0 radical (unpaired) electrons. The molecule has 1 aromatic carbocycles. The van der Waals surface area contributed by atoms with E-state index in [1.165, 1.54) is 16.8 Å². The van der Waals surface area contributed by atoms with Crippen molar-refractivity contribution in [3.8, 4) is 0 Å². The summed E-state index contributed by atoms with van der Waals surface area (Å²) in [5, 5.41) is 8.39. The third-order valence-corrected chi connectivity index (χ3v) is 9.57. The molecule has 0 unspecified atom stereocenters. The molecule has 0 bridgehead atoms. The molecule has 3 N–H and O–H groups in total. The average molecular weight is 637 g/mol. The number of pyridine rings is 1. The van der Waals surface area contributed by atoms with E-state index in [2.05, 4.69) is 42.8 Å². The Bertz CT molecular complexity index is 1640. The van der Waals surface area contributed by atoms with Crippen molar-refractivity contribution in [1.82, 2.24) is 29.3 Å². The van der Waals surface area contributed by atoms with Gasteiger partial charge in [0.05, 0.1) is 37.7 Å². The number of fused-ring (bicyclic) bond motifs is 3. The smallest absolute Gasteiger partial charge is 0.350 e. The maximum Gasteiger partial charge on any atom is 0.350 e. The topological polar surface area (TPSA) is 113 Å². The molecule has 3 aromatic rings. The van der Waals surface area contributed by atoms with Gasteiger partial charge in [0.25, 0.3) is 0 Å². The van der Waals surface area contributed by atoms with E-state index >= 15 is 0 Å². The van der Waals surface area contributed by atoms with Crippen LogP contribution in [0.3, 0.4) is 0 Å². The highest BCUT2D eigenvalue weighted by Crippen LogP contribution is 2.42. The van der Waals surface area contributed by atoms with Crippen LogP contribution in [0.1, 0.15) is 58.4 Å². The van der Waals surface area contributed by atoms with Gasteiger partial charge in [-0.3, -0.25) is 14.6 Å². The minimum absolute atomic E-state index is 0.0107. The molecule has 0 spiro atoms. The molecule has 1 amide bonds. The second kappa shape index (κ2) is 12.5. The van der Waals surface area contributed by atoms with Gasteiger partial charge >= 0.3 is 5.69 Å². The fourth-order valence-electron chi connectivity index (χ4n) is 7.27. The number of carbonyl (C=O) groups is 1. The highest BCUT2D eigenvalue weighted by molar-refractivity contribution is 5.97. The van der Waals surface area contributed by atoms with E-state index < -0.39 is 11.0 Å². The summed E-state index contributed by atoms with van der Waals surface area (Å²) in [6.07, 6.45) is 0.428. The molecule has 5 heterocycles. The van der Waals surface area contributed by atoms with Crippen molar-refractivity contribution in [3.05, 3.63) is 63.5 Å². The zero-order valence-corrected chi connectivity index (χ0v) is 28.1. The fourth-order valence-corrected chi connectivity index (χ4v) is 7.27. The van der Waals surface area contributed by atoms with E-state index in [4.69, 9.17) is 15.6 Å². The Hall–Kier alpha value is -3.16. The summed E-state index contributed by atoms with van der Waals surface area (Å²) in [6, 6.07) is 9.16. The van der Waals surface area contributed by atoms with Crippen molar-refractivity contribution in [3.63, 3.8) is 0 Å². The largest absolute Gasteiger partial charge is 0.379 e. The normalized spacial score (nSPS) is 24.1. The molecule has 2 aromatic heterocycles. The molecule has 46 heavy (non-hydrogen) atoms. The summed E-state index contributed by atoms with van der Waals surface area (Å²) < 4.78 is 22.5. The predicted octanol–water partition coefficient (Wildman–Crippen LogP) is 1.97. The van der Waals surface area contributed by atoms with Gasteiger partial charge in [-0.15, -0.1) is 5.10 Å². The summed E-state index contributed by atoms with van der Waals surface area (Å²) in [6.45, 7) is 18.0. The lowest BCUT2D eigenvalue weighted by Crippen LogP contribution is -2.62. The van der Waals surface area contributed by atoms with Gasteiger partial charge in [-0.1, -0.05) is 26.0 Å². The Morgan fingerprint density at radius 3 is 2.63 bits per heavy atom. The van der Waals surface area contributed by atoms with Crippen molar-refractivity contribution in [1.29, 1.82) is 0 Å². The van der Waals surface area contributed by atoms with Crippen LogP contribution < -0.4 is 21.6 Å². The minimum Gasteiger partial charge on any atom is -0.379 e. The number of hydrogen-bond donors (Lipinski definition) is 2. The van der Waals surface area contributed by atoms with Crippen LogP contribution in [0.25, 0.3) is 5.65 Å². The Kier molecular flexibility index (Phi) is 8.88. The zero-order chi connectivity index (χ0) is 33.0. The molecule has 250 valence electrons. The van der Waals surface area contributed by atoms with Crippen molar-refractivity contribution >= 4 is 17.2 Å². The van der Waals surface area contributed by atoms with Crippen LogP contribution in [-0.4, -0.2) is 106 Å². The lowest BCUT2D eigenvalue weighted by molar-refractivity contribution is -0.121. The molecular formula is C34H49FN8O3. The lowest BCUT2D eigenvalue weighted by atomic mass is 9.90. The predicted molar refractivity (Wildman–Crippen MR) is 177 cm³/mol. The molecule has 3 aliphatic rings. The molecule has 0 aliphatic carbocycles. The van der Waals surface area contributed by atoms with Crippen LogP contribution in [0.15, 0.2) is 35.1 Å². The van der Waals surface area contributed by atoms with Crippen molar-refractivity contribution in [2.75, 3.05) is 57.4 Å². The fraction of sp³-hybridized carbons (Fsp3) is 0.618. The number of benzene rings is 1. The van der Waals surface area contributed by atoms with E-state index in [1.807, 2.05) is 24.8 Å². The van der Waals surface area contributed by atoms with E-state index in [1.54, 1.807) is 16.5 Å². The van der Waals surface area contributed by atoms with E-state index in [0.717, 1.165) is 61.9 Å². The van der Waals surface area contributed by atoms with Crippen LogP contribution in [0, 0.1) is 5.82 Å². The SMILES string of the molecule is C[C@@H]1CN(CC(=O)N2CC(C)(C)c3c2cc(Cc2ccc(F)cc2)c2nn(CC(C)(C)N)c(=O)n32)[C@@H](CN2CCOC[C@H]2C)CN1. The van der Waals surface area contributed by atoms with E-state index in [0.29, 0.717) is 24.7 Å². The molecule has 3 atom stereocenters. The van der Waals surface area contributed by atoms with Gasteiger partial charge in [-0.05, 0) is 51.5 Å². The first-order chi connectivity index (χ1) is 21.7. The standard InChI is InChI=1S/C34H49FN8O3/c1-22-16-40(27(15-37-22)17-39-11-12-46-19-23(39)2)18-29(44)41-20-33(3,4)30-28(41)14-25(13-24-7-9-26(35)10-8-24)31-38-42(21-34(5,6)36)32(45)43(30)31/h7-10,14,22-23,27,37H,11-13,15-21,36H2,1-6H3/t22-,23-,27-/m1/s1. The first kappa shape index (κ1) is 32.8. The number of morpholine rings is 1. The van der Waals surface area contributed by atoms with Gasteiger partial charge in [0.2, 0.25) is 5.91 Å². The maximum absolute atomic E-state index is 14.4. The number of rotatable bonds is 8. The van der Waals surface area contributed by atoms with Crippen LogP contribution >= 0.6 is 0 Å². The summed E-state index contributed by atoms with van der Waals surface area (Å²) in [5.41, 5.74) is 8.60. The molecule has 0 saturated carbocycles. The molecule has 2 saturated heterocycles. The Balaban J connectivity index is 1.37. The van der Waals surface area contributed by atoms with Gasteiger partial charge < -0.3 is 20.7 Å². The summed E-state index contributed by atoms with van der Waals surface area (Å²) in [4.78, 5) is 35.0. The quantitative estimate of drug-likeness (QED) is 0.386. The van der Waals surface area contributed by atoms with Crippen LogP contribution in [0.4, 0.5) is 10.1 Å². The van der Waals surface area contributed by atoms with Crippen LogP contribution in [-0.2, 0) is 27.9 Å². The van der Waals surface area contributed by atoms with Crippen molar-refractivity contribution in [2.24, 2.45) is 5.73 Å². The maximum atomic E-state index is 14.4. The van der Waals surface area contributed by atoms with Gasteiger partial charge in [-0.25, -0.2) is 18.3 Å². The highest BCUT2D eigenvalue weighted by atomic mass is 19.1. The van der Waals surface area contributed by atoms with Crippen LogP contribution in [0.5, 0.6) is 0 Å². The summed E-state index contributed by atoms with van der Waals surface area (Å²) >= 11 is 0. The summed E-state index contributed by atoms with van der Waals surface area (Å²) in [5.74, 6) is -0.299. The minimum atomic E-state index is -0.657. The second-order valence-corrected chi connectivity index (χ2v) is 15.0. The molecule has 6 rings (SSSR count). The van der Waals surface area contributed by atoms with E-state index in [-0.39, 0.29) is 42.6 Å². The molecule has 3 aliphatic heterocycles. The Labute approximate surface area is 270 Å². The molecule has 11 nitrogen and oxygen atoms in total. The van der Waals surface area contributed by atoms with Crippen molar-refractivity contribution < 1.29 is 13.9 Å². The highest BCUT2D eigenvalue weighted by Gasteiger charge is 2.43. The number of nitrogens with zero attached hydrogens (tertiary/aromatic N) is 6. The van der Waals surface area contributed by atoms with Gasteiger partial charge in [0.1, 0.15) is 5.82 Å². The third-order valence-electron chi connectivity index (χ3n) is 9.57. The number of nitrogens with one attached hydrogen (secondary N) is 1. The lowest BCUT2D eigenvalue weighted by Gasteiger charge is -2.43. The number of amides is 1. The number of piperazine rings is 1. The number of halogens is 1. The number of hydrogen-bond acceptors (Lipinski definition) is 8. The van der Waals surface area contributed by atoms with Gasteiger partial charge in [0, 0.05) is 73.8 Å². The Morgan fingerprint density at radius 1 is 1.20 bits per heavy atom. The monoisotopic (exact) mass is 636 g/mol. The summed E-state index contributed by atoms with van der Waals surface area (Å²) in [7, 11) is 0. The number of anilines is 1. The van der Waals surface area contributed by atoms with Gasteiger partial charge in [-0.2, -0.15) is 0 Å². The first-order valence-electron chi connectivity index (χ1n) is 16.5. The molecule has 2 fully saturated rings. The van der Waals surface area contributed by atoms with Gasteiger partial charge in [0.15, 0.2) is 5.65 Å². The molecular weight excluding hydrogens is 587 g/mol. The number of aromatic nitrogens is 3. The second-order valence-electron chi connectivity index (χ2n) is 15.0. The number of nitrogens with two attached hydrogens (primary N) is 1. The number of ether oxygens (including phenoxy) is 1. The average Bonchev–Trinajstić information content (AvgIpc) is 3.43. The Morgan fingerprint density at radius 2 is 1.93 bits per heavy atom.